The lowest BCUT2D eigenvalue weighted by Gasteiger charge is -2.36. The van der Waals surface area contributed by atoms with Crippen molar-refractivity contribution in [3.05, 3.63) is 35.9 Å². The van der Waals surface area contributed by atoms with Crippen LogP contribution in [-0.2, 0) is 21.0 Å². The molecule has 3 heterocycles. The van der Waals surface area contributed by atoms with Gasteiger partial charge in [0, 0.05) is 19.6 Å². The minimum absolute atomic E-state index is 0.0977. The molecule has 2 bridgehead atoms. The van der Waals surface area contributed by atoms with Crippen molar-refractivity contribution < 1.29 is 29.1 Å². The van der Waals surface area contributed by atoms with E-state index in [-0.39, 0.29) is 31.8 Å². The molecule has 3 N–H and O–H groups in total. The van der Waals surface area contributed by atoms with Gasteiger partial charge in [-0.25, -0.2) is 9.59 Å². The third kappa shape index (κ3) is 3.88. The number of hydrogen-bond donors (Lipinski definition) is 3. The van der Waals surface area contributed by atoms with E-state index in [2.05, 4.69) is 10.9 Å². The number of fused-ring (bicyclic) bond motifs is 2. The van der Waals surface area contributed by atoms with Crippen LogP contribution >= 0.6 is 0 Å². The van der Waals surface area contributed by atoms with Gasteiger partial charge in [0.2, 0.25) is 5.91 Å². The predicted octanol–water partition coefficient (Wildman–Crippen LogP) is 0.144. The van der Waals surface area contributed by atoms with E-state index < -0.39 is 29.9 Å². The summed E-state index contributed by atoms with van der Waals surface area (Å²) in [5, 5.41) is 10.1. The van der Waals surface area contributed by atoms with Crippen molar-refractivity contribution in [3.8, 4) is 0 Å². The topological polar surface area (TPSA) is 132 Å². The molecule has 3 fully saturated rings. The Kier molecular flexibility index (Phi) is 5.44. The molecule has 0 unspecified atom stereocenters. The van der Waals surface area contributed by atoms with Crippen molar-refractivity contribution in [1.82, 2.24) is 25.7 Å². The van der Waals surface area contributed by atoms with E-state index in [1.807, 2.05) is 30.3 Å². The van der Waals surface area contributed by atoms with Gasteiger partial charge in [-0.05, 0) is 18.4 Å². The standard InChI is InChI=1S/C19H23N5O6/c25-16(13-8-22(9-13)19(28)29)20-21-17(26)15-7-6-14-10-23(15)18(27)24(14)30-11-12-4-2-1-3-5-12/h1-5,13-15H,6-11H2,(H,20,25)(H,21,26)(H,28,29)/t14-,15+/m0/s1. The number of rotatable bonds is 5. The second-order valence-corrected chi connectivity index (χ2v) is 7.63. The second-order valence-electron chi connectivity index (χ2n) is 7.63. The Bertz CT molecular complexity index is 843. The first kappa shape index (κ1) is 20.0. The highest BCUT2D eigenvalue weighted by molar-refractivity contribution is 5.90. The maximum atomic E-state index is 12.7. The molecule has 160 valence electrons. The van der Waals surface area contributed by atoms with Crippen LogP contribution < -0.4 is 10.9 Å². The van der Waals surface area contributed by atoms with Gasteiger partial charge in [-0.3, -0.25) is 25.3 Å². The van der Waals surface area contributed by atoms with Crippen LogP contribution in [0, 0.1) is 5.92 Å². The highest BCUT2D eigenvalue weighted by Gasteiger charge is 2.48. The van der Waals surface area contributed by atoms with Gasteiger partial charge >= 0.3 is 12.1 Å². The largest absolute Gasteiger partial charge is 0.465 e. The predicted molar refractivity (Wildman–Crippen MR) is 101 cm³/mol. The van der Waals surface area contributed by atoms with Gasteiger partial charge in [0.05, 0.1) is 12.0 Å². The Morgan fingerprint density at radius 2 is 1.73 bits per heavy atom. The Balaban J connectivity index is 1.27. The van der Waals surface area contributed by atoms with Gasteiger partial charge in [0.25, 0.3) is 5.91 Å². The number of amides is 5. The zero-order valence-electron chi connectivity index (χ0n) is 16.2. The van der Waals surface area contributed by atoms with Crippen molar-refractivity contribution in [2.75, 3.05) is 19.6 Å². The molecule has 2 atom stereocenters. The van der Waals surface area contributed by atoms with Crippen LogP contribution in [-0.4, -0.2) is 75.6 Å². The maximum Gasteiger partial charge on any atom is 0.407 e. The summed E-state index contributed by atoms with van der Waals surface area (Å²) in [6.45, 7) is 0.843. The van der Waals surface area contributed by atoms with Gasteiger partial charge in [-0.1, -0.05) is 30.3 Å². The molecule has 0 radical (unpaired) electrons. The number of likely N-dealkylation sites (tertiary alicyclic amines) is 1. The van der Waals surface area contributed by atoms with Crippen molar-refractivity contribution in [3.63, 3.8) is 0 Å². The lowest BCUT2D eigenvalue weighted by molar-refractivity contribution is -0.140. The van der Waals surface area contributed by atoms with E-state index >= 15 is 0 Å². The maximum absolute atomic E-state index is 12.7. The van der Waals surface area contributed by atoms with E-state index in [1.165, 1.54) is 9.96 Å². The summed E-state index contributed by atoms with van der Waals surface area (Å²) in [5.41, 5.74) is 5.64. The third-order valence-electron chi connectivity index (χ3n) is 5.67. The number of urea groups is 1. The fraction of sp³-hybridized carbons (Fsp3) is 0.474. The summed E-state index contributed by atoms with van der Waals surface area (Å²) in [4.78, 5) is 56.3. The van der Waals surface area contributed by atoms with Gasteiger partial charge in [0.15, 0.2) is 0 Å². The fourth-order valence-electron chi connectivity index (χ4n) is 3.90. The molecule has 11 heteroatoms. The molecule has 3 aliphatic heterocycles. The van der Waals surface area contributed by atoms with Crippen LogP contribution in [0.15, 0.2) is 30.3 Å². The normalized spacial score (nSPS) is 23.2. The summed E-state index contributed by atoms with van der Waals surface area (Å²) in [6, 6.07) is 8.32. The summed E-state index contributed by atoms with van der Waals surface area (Å²) >= 11 is 0. The van der Waals surface area contributed by atoms with Gasteiger partial charge in [-0.15, -0.1) is 0 Å². The Morgan fingerprint density at radius 1 is 1.03 bits per heavy atom. The van der Waals surface area contributed by atoms with E-state index in [1.54, 1.807) is 0 Å². The lowest BCUT2D eigenvalue weighted by Crippen LogP contribution is -2.60. The number of carbonyl (C=O) groups is 4. The second kappa shape index (κ2) is 8.19. The third-order valence-corrected chi connectivity index (χ3v) is 5.67. The molecule has 5 amide bonds. The molecule has 11 nitrogen and oxygen atoms in total. The fourth-order valence-corrected chi connectivity index (χ4v) is 3.90. The molecule has 3 aliphatic rings. The van der Waals surface area contributed by atoms with Crippen LogP contribution in [0.4, 0.5) is 9.59 Å². The molecular weight excluding hydrogens is 394 g/mol. The number of piperidine rings is 1. The first-order chi connectivity index (χ1) is 14.4. The molecule has 1 aromatic carbocycles. The van der Waals surface area contributed by atoms with E-state index in [0.29, 0.717) is 19.4 Å². The van der Waals surface area contributed by atoms with Crippen LogP contribution in [0.3, 0.4) is 0 Å². The lowest BCUT2D eigenvalue weighted by atomic mass is 10.00. The van der Waals surface area contributed by atoms with Crippen molar-refractivity contribution in [2.45, 2.75) is 31.5 Å². The van der Waals surface area contributed by atoms with Gasteiger partial charge in [0.1, 0.15) is 12.6 Å². The number of carbonyl (C=O) groups excluding carboxylic acids is 3. The average molecular weight is 417 g/mol. The number of hydrazine groups is 1. The molecule has 1 aromatic rings. The van der Waals surface area contributed by atoms with Crippen LogP contribution in [0.25, 0.3) is 0 Å². The Hall–Kier alpha value is -3.34. The SMILES string of the molecule is O=C(NNC(=O)[C@H]1CC[C@H]2CN1C(=O)N2OCc1ccccc1)C1CN(C(=O)O)C1. The number of hydroxylamine groups is 2. The van der Waals surface area contributed by atoms with E-state index in [0.717, 1.165) is 10.5 Å². The highest BCUT2D eigenvalue weighted by Crippen LogP contribution is 2.30. The van der Waals surface area contributed by atoms with Crippen molar-refractivity contribution in [2.24, 2.45) is 5.92 Å². The number of hydrogen-bond acceptors (Lipinski definition) is 5. The molecular formula is C19H23N5O6. The monoisotopic (exact) mass is 417 g/mol. The molecule has 30 heavy (non-hydrogen) atoms. The minimum Gasteiger partial charge on any atom is -0.465 e. The first-order valence-electron chi connectivity index (χ1n) is 9.78. The van der Waals surface area contributed by atoms with E-state index in [9.17, 15) is 19.2 Å². The zero-order valence-corrected chi connectivity index (χ0v) is 16.2. The summed E-state index contributed by atoms with van der Waals surface area (Å²) in [5.74, 6) is -1.42. The van der Waals surface area contributed by atoms with Gasteiger partial charge in [-0.2, -0.15) is 5.06 Å². The molecule has 0 spiro atoms. The van der Waals surface area contributed by atoms with E-state index in [4.69, 9.17) is 9.94 Å². The summed E-state index contributed by atoms with van der Waals surface area (Å²) in [7, 11) is 0. The number of nitrogens with one attached hydrogen (secondary N) is 2. The Labute approximate surface area is 172 Å². The number of nitrogens with zero attached hydrogens (tertiary/aromatic N) is 3. The molecule has 0 saturated carbocycles. The van der Waals surface area contributed by atoms with Crippen LogP contribution in [0.1, 0.15) is 18.4 Å². The van der Waals surface area contributed by atoms with Gasteiger partial charge < -0.3 is 14.9 Å². The van der Waals surface area contributed by atoms with Crippen LogP contribution in [0.5, 0.6) is 0 Å². The highest BCUT2D eigenvalue weighted by atomic mass is 16.7. The molecule has 4 rings (SSSR count). The quantitative estimate of drug-likeness (QED) is 0.584. The molecule has 0 aliphatic carbocycles. The van der Waals surface area contributed by atoms with Crippen molar-refractivity contribution in [1.29, 1.82) is 0 Å². The molecule has 3 saturated heterocycles. The van der Waals surface area contributed by atoms with Crippen molar-refractivity contribution >= 4 is 23.9 Å². The van der Waals surface area contributed by atoms with Crippen LogP contribution in [0.2, 0.25) is 0 Å². The minimum atomic E-state index is -1.08. The first-order valence-corrected chi connectivity index (χ1v) is 9.78. The smallest absolute Gasteiger partial charge is 0.407 e. The average Bonchev–Trinajstić information content (AvgIpc) is 2.94. The molecule has 0 aromatic heterocycles. The Morgan fingerprint density at radius 3 is 2.43 bits per heavy atom. The number of carboxylic acid groups (broad SMARTS) is 1. The number of benzene rings is 1. The summed E-state index contributed by atoms with van der Waals surface area (Å²) in [6.07, 6.45) is -0.00914. The summed E-state index contributed by atoms with van der Waals surface area (Å²) < 4.78 is 0. The zero-order chi connectivity index (χ0) is 21.3.